The minimum absolute atomic E-state index is 0.422. The number of rotatable bonds is 7. The van der Waals surface area contributed by atoms with Gasteiger partial charge in [0.05, 0.1) is 22.8 Å². The minimum atomic E-state index is 0.422. The van der Waals surface area contributed by atoms with Gasteiger partial charge in [0.1, 0.15) is 17.1 Å². The smallest absolute Gasteiger partial charge is 0.165 e. The number of anilines is 2. The Balaban J connectivity index is 0.00000173. The van der Waals surface area contributed by atoms with Crippen molar-refractivity contribution in [1.82, 2.24) is 19.5 Å². The molecule has 3 heterocycles. The lowest BCUT2D eigenvalue weighted by atomic mass is 10.1. The van der Waals surface area contributed by atoms with Gasteiger partial charge in [-0.3, -0.25) is 4.57 Å². The van der Waals surface area contributed by atoms with Gasteiger partial charge in [-0.1, -0.05) is 56.3 Å². The number of halogens is 1. The Morgan fingerprint density at radius 1 is 0.881 bits per heavy atom. The Kier molecular flexibility index (Phi) is 8.83. The molecule has 3 aromatic heterocycles. The second kappa shape index (κ2) is 12.9. The normalized spacial score (nSPS) is 10.7. The fraction of sp³-hybridized carbons (Fsp3) is 0.147. The van der Waals surface area contributed by atoms with Crippen molar-refractivity contribution in [1.29, 1.82) is 0 Å². The van der Waals surface area contributed by atoms with Gasteiger partial charge in [0.15, 0.2) is 11.5 Å². The molecule has 2 N–H and O–H groups in total. The molecule has 0 saturated heterocycles. The molecule has 0 aliphatic carbocycles. The zero-order valence-corrected chi connectivity index (χ0v) is 25.7. The number of nitrogen functional groups attached to an aromatic ring is 1. The molecule has 6 rings (SSSR count). The molecule has 0 spiro atoms. The van der Waals surface area contributed by atoms with Crippen molar-refractivity contribution in [2.75, 3.05) is 24.8 Å². The molecular weight excluding hydrogens is 588 g/mol. The maximum absolute atomic E-state index is 6.30. The van der Waals surface area contributed by atoms with Crippen molar-refractivity contribution in [2.45, 2.75) is 20.4 Å². The highest BCUT2D eigenvalue weighted by Crippen LogP contribution is 2.33. The largest absolute Gasteiger partial charge is 0.496 e. The second-order valence-corrected chi connectivity index (χ2v) is 10.3. The van der Waals surface area contributed by atoms with Crippen LogP contribution in [0.15, 0.2) is 108 Å². The Bertz CT molecular complexity index is 1800. The topological polar surface area (TPSA) is 82.1 Å². The van der Waals surface area contributed by atoms with E-state index in [1.807, 2.05) is 62.4 Å². The van der Waals surface area contributed by atoms with Crippen LogP contribution >= 0.6 is 15.9 Å². The molecule has 0 saturated carbocycles. The van der Waals surface area contributed by atoms with Crippen LogP contribution in [-0.4, -0.2) is 33.7 Å². The Hall–Kier alpha value is -4.69. The van der Waals surface area contributed by atoms with Crippen LogP contribution in [0.2, 0.25) is 0 Å². The number of hydrogen-bond acceptors (Lipinski definition) is 6. The molecule has 8 heteroatoms. The van der Waals surface area contributed by atoms with Crippen LogP contribution < -0.4 is 15.4 Å². The average molecular weight is 622 g/mol. The quantitative estimate of drug-likeness (QED) is 0.194. The second-order valence-electron chi connectivity index (χ2n) is 9.45. The van der Waals surface area contributed by atoms with E-state index in [9.17, 15) is 0 Å². The molecule has 0 aliphatic rings. The Morgan fingerprint density at radius 2 is 1.64 bits per heavy atom. The van der Waals surface area contributed by atoms with E-state index < -0.39 is 0 Å². The third-order valence-electron chi connectivity index (χ3n) is 6.84. The molecule has 0 atom stereocenters. The van der Waals surface area contributed by atoms with E-state index in [2.05, 4.69) is 86.0 Å². The van der Waals surface area contributed by atoms with Crippen LogP contribution in [0.5, 0.6) is 5.75 Å². The summed E-state index contributed by atoms with van der Waals surface area (Å²) in [6, 6.07) is 32.5. The van der Waals surface area contributed by atoms with Gasteiger partial charge in [0.2, 0.25) is 0 Å². The van der Waals surface area contributed by atoms with Gasteiger partial charge in [-0.15, -0.1) is 0 Å². The molecule has 0 bridgehead atoms. The zero-order chi connectivity index (χ0) is 29.6. The fourth-order valence-corrected chi connectivity index (χ4v) is 5.30. The zero-order valence-electron chi connectivity index (χ0n) is 24.1. The summed E-state index contributed by atoms with van der Waals surface area (Å²) in [5, 5.41) is 0. The molecule has 6 aromatic rings. The van der Waals surface area contributed by atoms with Crippen LogP contribution in [0.3, 0.4) is 0 Å². The van der Waals surface area contributed by atoms with Crippen molar-refractivity contribution < 1.29 is 4.74 Å². The summed E-state index contributed by atoms with van der Waals surface area (Å²) in [6.45, 7) is 4.74. The number of pyridine rings is 2. The number of nitrogens with two attached hydrogens (primary N) is 1. The average Bonchev–Trinajstić information content (AvgIpc) is 3.41. The minimum Gasteiger partial charge on any atom is -0.496 e. The number of nitrogens with zero attached hydrogens (tertiary/aromatic N) is 5. The van der Waals surface area contributed by atoms with E-state index in [-0.39, 0.29) is 0 Å². The number of hydrogen-bond donors (Lipinski definition) is 1. The van der Waals surface area contributed by atoms with Crippen LogP contribution in [0.1, 0.15) is 19.4 Å². The van der Waals surface area contributed by atoms with Crippen LogP contribution in [-0.2, 0) is 6.54 Å². The van der Waals surface area contributed by atoms with E-state index in [0.717, 1.165) is 56.1 Å². The first-order chi connectivity index (χ1) is 20.5. The van der Waals surface area contributed by atoms with Crippen molar-refractivity contribution in [2.24, 2.45) is 0 Å². The van der Waals surface area contributed by atoms with Gasteiger partial charge in [-0.05, 0) is 76.1 Å². The summed E-state index contributed by atoms with van der Waals surface area (Å²) in [7, 11) is 3.74. The molecule has 0 radical (unpaired) electrons. The van der Waals surface area contributed by atoms with Gasteiger partial charge in [0.25, 0.3) is 0 Å². The molecule has 3 aromatic carbocycles. The molecule has 0 aliphatic heterocycles. The Labute approximate surface area is 254 Å². The fourth-order valence-electron chi connectivity index (χ4n) is 4.77. The summed E-state index contributed by atoms with van der Waals surface area (Å²) in [4.78, 5) is 16.5. The van der Waals surface area contributed by atoms with Crippen molar-refractivity contribution in [3.63, 3.8) is 0 Å². The standard InChI is InChI=1S/C32H27BrN6O.C2H6/c1-38(24-14-17-29(40-2)26(33)19-24)20-21-10-12-23(13-11-21)39-31(25-9-6-18-35-30(25)34)37-28-16-15-27(36-32(28)39)22-7-4-3-5-8-22;1-2/h3-19H,20H2,1-2H3,(H2,34,35);1-2H3. The molecule has 0 fully saturated rings. The lowest BCUT2D eigenvalue weighted by molar-refractivity contribution is 0.412. The first kappa shape index (κ1) is 28.8. The predicted molar refractivity (Wildman–Crippen MR) is 176 cm³/mol. The van der Waals surface area contributed by atoms with E-state index >= 15 is 0 Å². The molecular formula is C34H33BrN6O. The predicted octanol–water partition coefficient (Wildman–Crippen LogP) is 8.17. The highest BCUT2D eigenvalue weighted by atomic mass is 79.9. The monoisotopic (exact) mass is 620 g/mol. The summed E-state index contributed by atoms with van der Waals surface area (Å²) in [5.74, 6) is 1.93. The van der Waals surface area contributed by atoms with Gasteiger partial charge in [-0.2, -0.15) is 0 Å². The number of ether oxygens (including phenoxy) is 1. The maximum atomic E-state index is 6.30. The highest BCUT2D eigenvalue weighted by Gasteiger charge is 2.19. The number of aromatic nitrogens is 4. The summed E-state index contributed by atoms with van der Waals surface area (Å²) >= 11 is 3.58. The number of benzene rings is 3. The van der Waals surface area contributed by atoms with Gasteiger partial charge >= 0.3 is 0 Å². The lowest BCUT2D eigenvalue weighted by Gasteiger charge is -2.20. The molecule has 212 valence electrons. The van der Waals surface area contributed by atoms with E-state index in [4.69, 9.17) is 20.4 Å². The van der Waals surface area contributed by atoms with Crippen molar-refractivity contribution >= 4 is 38.6 Å². The number of fused-ring (bicyclic) bond motifs is 1. The van der Waals surface area contributed by atoms with Crippen molar-refractivity contribution in [3.8, 4) is 34.1 Å². The SMILES string of the molecule is CC.COc1ccc(N(C)Cc2ccc(-n3c(-c4cccnc4N)nc4ccc(-c5ccccc5)nc43)cc2)cc1Br. The molecule has 7 nitrogen and oxygen atoms in total. The van der Waals surface area contributed by atoms with Gasteiger partial charge in [-0.25, -0.2) is 15.0 Å². The van der Waals surface area contributed by atoms with E-state index in [1.54, 1.807) is 13.3 Å². The van der Waals surface area contributed by atoms with E-state index in [0.29, 0.717) is 11.6 Å². The summed E-state index contributed by atoms with van der Waals surface area (Å²) in [6.07, 6.45) is 1.68. The van der Waals surface area contributed by atoms with Crippen LogP contribution in [0.4, 0.5) is 11.5 Å². The van der Waals surface area contributed by atoms with Crippen LogP contribution in [0.25, 0.3) is 39.5 Å². The van der Waals surface area contributed by atoms with Crippen LogP contribution in [0, 0.1) is 0 Å². The molecule has 0 unspecified atom stereocenters. The third-order valence-corrected chi connectivity index (χ3v) is 7.46. The van der Waals surface area contributed by atoms with E-state index in [1.165, 1.54) is 5.56 Å². The first-order valence-electron chi connectivity index (χ1n) is 13.8. The molecule has 0 amide bonds. The summed E-state index contributed by atoms with van der Waals surface area (Å²) in [5.41, 5.74) is 13.7. The third kappa shape index (κ3) is 5.85. The van der Waals surface area contributed by atoms with Crippen molar-refractivity contribution in [3.05, 3.63) is 113 Å². The Morgan fingerprint density at radius 3 is 2.33 bits per heavy atom. The highest BCUT2D eigenvalue weighted by molar-refractivity contribution is 9.10. The maximum Gasteiger partial charge on any atom is 0.165 e. The first-order valence-corrected chi connectivity index (χ1v) is 14.6. The van der Waals surface area contributed by atoms with Gasteiger partial charge in [0, 0.05) is 36.7 Å². The number of imidazole rings is 1. The molecule has 42 heavy (non-hydrogen) atoms. The van der Waals surface area contributed by atoms with Gasteiger partial charge < -0.3 is 15.4 Å². The lowest BCUT2D eigenvalue weighted by Crippen LogP contribution is -2.16. The summed E-state index contributed by atoms with van der Waals surface area (Å²) < 4.78 is 8.35. The number of methoxy groups -OCH3 is 1.